The maximum absolute atomic E-state index is 12.7. The minimum Gasteiger partial charge on any atom is -0.481 e. The summed E-state index contributed by atoms with van der Waals surface area (Å²) in [6.45, 7) is 3.57. The van der Waals surface area contributed by atoms with Gasteiger partial charge >= 0.3 is 11.9 Å². The number of benzene rings is 1. The van der Waals surface area contributed by atoms with Gasteiger partial charge in [0.15, 0.2) is 0 Å². The lowest BCUT2D eigenvalue weighted by atomic mass is 9.88. The fraction of sp³-hybridized carbons (Fsp3) is 0.500. The molecule has 1 aliphatic heterocycles. The molecule has 0 radical (unpaired) electrons. The van der Waals surface area contributed by atoms with Crippen LogP contribution in [0.25, 0.3) is 0 Å². The molecule has 1 fully saturated rings. The number of nitrogens with zero attached hydrogens (tertiary/aromatic N) is 1. The average molecular weight is 348 g/mol. The molecule has 7 heteroatoms. The average Bonchev–Trinajstić information content (AvgIpc) is 2.81. The van der Waals surface area contributed by atoms with E-state index in [1.807, 2.05) is 31.2 Å². The number of hydrogen-bond acceptors (Lipinski definition) is 4. The Labute approximate surface area is 146 Å². The second-order valence-electron chi connectivity index (χ2n) is 6.74. The fourth-order valence-electron chi connectivity index (χ4n) is 3.50. The largest absolute Gasteiger partial charge is 0.481 e. The maximum atomic E-state index is 12.7. The van der Waals surface area contributed by atoms with Gasteiger partial charge in [-0.05, 0) is 38.4 Å². The Balaban J connectivity index is 2.34. The molecular formula is C18H24N2O5. The molecule has 3 atom stereocenters. The van der Waals surface area contributed by atoms with Crippen LogP contribution >= 0.6 is 0 Å². The molecule has 1 saturated heterocycles. The van der Waals surface area contributed by atoms with Gasteiger partial charge in [-0.1, -0.05) is 24.3 Å². The number of hydrogen-bond donors (Lipinski definition) is 3. The van der Waals surface area contributed by atoms with Crippen molar-refractivity contribution in [3.05, 3.63) is 35.4 Å². The first kappa shape index (κ1) is 18.9. The molecule has 1 amide bonds. The Morgan fingerprint density at radius 3 is 2.48 bits per heavy atom. The van der Waals surface area contributed by atoms with Crippen LogP contribution in [0.15, 0.2) is 24.3 Å². The maximum Gasteiger partial charge on any atom is 0.323 e. The number of likely N-dealkylation sites (N-methyl/N-ethyl adjacent to an activating group) is 1. The summed E-state index contributed by atoms with van der Waals surface area (Å²) in [6.07, 6.45) is -0.00370. The lowest BCUT2D eigenvalue weighted by Gasteiger charge is -2.32. The van der Waals surface area contributed by atoms with Gasteiger partial charge in [0.05, 0.1) is 12.3 Å². The van der Waals surface area contributed by atoms with Crippen molar-refractivity contribution in [3.63, 3.8) is 0 Å². The third kappa shape index (κ3) is 3.66. The number of amides is 1. The van der Waals surface area contributed by atoms with Crippen LogP contribution in [-0.4, -0.2) is 52.1 Å². The number of carboxylic acids is 2. The molecule has 1 aromatic carbocycles. The molecule has 0 bridgehead atoms. The Hall–Kier alpha value is -2.41. The van der Waals surface area contributed by atoms with Crippen LogP contribution in [0.2, 0.25) is 0 Å². The number of aliphatic carboxylic acids is 2. The number of likely N-dealkylation sites (tertiary alicyclic amines) is 1. The first-order valence-electron chi connectivity index (χ1n) is 8.20. The van der Waals surface area contributed by atoms with E-state index in [-0.39, 0.29) is 31.3 Å². The summed E-state index contributed by atoms with van der Waals surface area (Å²) in [5.74, 6) is -2.85. The predicted molar refractivity (Wildman–Crippen MR) is 91.1 cm³/mol. The van der Waals surface area contributed by atoms with E-state index >= 15 is 0 Å². The molecular weight excluding hydrogens is 324 g/mol. The van der Waals surface area contributed by atoms with E-state index in [2.05, 4.69) is 5.32 Å². The van der Waals surface area contributed by atoms with Crippen molar-refractivity contribution in [2.45, 2.75) is 38.3 Å². The highest BCUT2D eigenvalue weighted by atomic mass is 16.4. The molecule has 0 spiro atoms. The zero-order valence-corrected chi connectivity index (χ0v) is 14.7. The second-order valence-corrected chi connectivity index (χ2v) is 6.74. The quantitative estimate of drug-likeness (QED) is 0.718. The molecule has 0 aliphatic carbocycles. The van der Waals surface area contributed by atoms with Crippen LogP contribution < -0.4 is 5.32 Å². The van der Waals surface area contributed by atoms with Gasteiger partial charge in [0.2, 0.25) is 5.91 Å². The van der Waals surface area contributed by atoms with E-state index in [0.29, 0.717) is 0 Å². The summed E-state index contributed by atoms with van der Waals surface area (Å²) < 4.78 is 0. The second kappa shape index (κ2) is 7.23. The molecule has 1 aromatic rings. The molecule has 136 valence electrons. The Bertz CT molecular complexity index is 690. The van der Waals surface area contributed by atoms with E-state index in [0.717, 1.165) is 11.1 Å². The summed E-state index contributed by atoms with van der Waals surface area (Å²) in [7, 11) is 1.72. The van der Waals surface area contributed by atoms with E-state index < -0.39 is 23.4 Å². The van der Waals surface area contributed by atoms with Gasteiger partial charge in [-0.15, -0.1) is 0 Å². The smallest absolute Gasteiger partial charge is 0.323 e. The SMILES string of the molecule is Cc1ccccc1[C@H]1[C@@H](C(=O)NCCC(=O)O)C[C@@](C)(C(=O)O)N1C. The van der Waals surface area contributed by atoms with Crippen LogP contribution in [0.3, 0.4) is 0 Å². The Morgan fingerprint density at radius 1 is 1.28 bits per heavy atom. The normalized spacial score (nSPS) is 26.4. The molecule has 7 nitrogen and oxygen atoms in total. The summed E-state index contributed by atoms with van der Waals surface area (Å²) in [5, 5.41) is 21.0. The molecule has 1 heterocycles. The lowest BCUT2D eigenvalue weighted by Crippen LogP contribution is -2.46. The van der Waals surface area contributed by atoms with Crippen molar-refractivity contribution in [2.24, 2.45) is 5.92 Å². The van der Waals surface area contributed by atoms with Gasteiger partial charge in [-0.3, -0.25) is 19.3 Å². The van der Waals surface area contributed by atoms with Crippen LogP contribution in [0, 0.1) is 12.8 Å². The van der Waals surface area contributed by atoms with E-state index in [1.165, 1.54) is 0 Å². The highest BCUT2D eigenvalue weighted by Gasteiger charge is 2.54. The Kier molecular flexibility index (Phi) is 5.47. The first-order valence-corrected chi connectivity index (χ1v) is 8.20. The van der Waals surface area contributed by atoms with Gasteiger partial charge < -0.3 is 15.5 Å². The van der Waals surface area contributed by atoms with Crippen molar-refractivity contribution < 1.29 is 24.6 Å². The standard InChI is InChI=1S/C18H24N2O5/c1-11-6-4-5-7-12(11)15-13(16(23)19-9-8-14(21)22)10-18(2,17(24)25)20(15)3/h4-7,13,15H,8-10H2,1-3H3,(H,19,23)(H,21,22)(H,24,25)/t13-,15-,18-/m0/s1. The predicted octanol–water partition coefficient (Wildman–Crippen LogP) is 1.42. The minimum atomic E-state index is -1.16. The topological polar surface area (TPSA) is 107 Å². The highest BCUT2D eigenvalue weighted by molar-refractivity contribution is 5.85. The third-order valence-electron chi connectivity index (χ3n) is 5.14. The highest BCUT2D eigenvalue weighted by Crippen LogP contribution is 2.46. The zero-order chi connectivity index (χ0) is 18.8. The summed E-state index contributed by atoms with van der Waals surface area (Å²) in [6, 6.07) is 7.21. The molecule has 3 N–H and O–H groups in total. The third-order valence-corrected chi connectivity index (χ3v) is 5.14. The van der Waals surface area contributed by atoms with E-state index in [4.69, 9.17) is 5.11 Å². The summed E-state index contributed by atoms with van der Waals surface area (Å²) in [5.41, 5.74) is 0.729. The molecule has 25 heavy (non-hydrogen) atoms. The van der Waals surface area contributed by atoms with Crippen LogP contribution in [-0.2, 0) is 14.4 Å². The summed E-state index contributed by atoms with van der Waals surface area (Å²) >= 11 is 0. The van der Waals surface area contributed by atoms with Crippen molar-refractivity contribution in [3.8, 4) is 0 Å². The van der Waals surface area contributed by atoms with Gasteiger partial charge in [0, 0.05) is 12.6 Å². The van der Waals surface area contributed by atoms with E-state index in [9.17, 15) is 19.5 Å². The number of rotatable bonds is 6. The van der Waals surface area contributed by atoms with Crippen LogP contribution in [0.1, 0.15) is 36.9 Å². The number of carbonyl (C=O) groups is 3. The van der Waals surface area contributed by atoms with Crippen molar-refractivity contribution >= 4 is 17.8 Å². The van der Waals surface area contributed by atoms with Gasteiger partial charge in [0.1, 0.15) is 5.54 Å². The van der Waals surface area contributed by atoms with Gasteiger partial charge in [-0.25, -0.2) is 0 Å². The Morgan fingerprint density at radius 2 is 1.92 bits per heavy atom. The minimum absolute atomic E-state index is 0.0264. The fourth-order valence-corrected chi connectivity index (χ4v) is 3.50. The summed E-state index contributed by atoms with van der Waals surface area (Å²) in [4.78, 5) is 36.8. The number of carboxylic acid groups (broad SMARTS) is 2. The van der Waals surface area contributed by atoms with Crippen LogP contribution in [0.5, 0.6) is 0 Å². The lowest BCUT2D eigenvalue weighted by molar-refractivity contribution is -0.148. The number of aryl methyl sites for hydroxylation is 1. The monoisotopic (exact) mass is 348 g/mol. The molecule has 2 rings (SSSR count). The number of carbonyl (C=O) groups excluding carboxylic acids is 1. The first-order chi connectivity index (χ1) is 11.7. The van der Waals surface area contributed by atoms with Crippen molar-refractivity contribution in [2.75, 3.05) is 13.6 Å². The number of nitrogens with one attached hydrogen (secondary N) is 1. The van der Waals surface area contributed by atoms with E-state index in [1.54, 1.807) is 18.9 Å². The van der Waals surface area contributed by atoms with Crippen LogP contribution in [0.4, 0.5) is 0 Å². The van der Waals surface area contributed by atoms with Gasteiger partial charge in [-0.2, -0.15) is 0 Å². The van der Waals surface area contributed by atoms with Crippen molar-refractivity contribution in [1.29, 1.82) is 0 Å². The molecule has 0 unspecified atom stereocenters. The van der Waals surface area contributed by atoms with Gasteiger partial charge in [0.25, 0.3) is 0 Å². The van der Waals surface area contributed by atoms with Crippen molar-refractivity contribution in [1.82, 2.24) is 10.2 Å². The molecule has 0 saturated carbocycles. The molecule has 0 aromatic heterocycles. The zero-order valence-electron chi connectivity index (χ0n) is 14.7. The molecule has 1 aliphatic rings.